The Morgan fingerprint density at radius 3 is 2.46 bits per heavy atom. The van der Waals surface area contributed by atoms with Crippen LogP contribution in [-0.2, 0) is 6.18 Å². The van der Waals surface area contributed by atoms with E-state index < -0.39 is 23.0 Å². The van der Waals surface area contributed by atoms with E-state index in [4.69, 9.17) is 4.42 Å². The number of H-pyrrole nitrogens is 1. The highest BCUT2D eigenvalue weighted by Gasteiger charge is 2.30. The number of halogens is 3. The molecular weight excluding hydrogens is 327 g/mol. The topological polar surface area (TPSA) is 80.9 Å². The van der Waals surface area contributed by atoms with E-state index >= 15 is 0 Å². The second kappa shape index (κ2) is 5.52. The van der Waals surface area contributed by atoms with Crippen molar-refractivity contribution in [2.24, 2.45) is 0 Å². The normalized spacial score (nSPS) is 11.7. The first-order valence-electron chi connectivity index (χ1n) is 6.71. The van der Waals surface area contributed by atoms with Crippen LogP contribution in [0.2, 0.25) is 0 Å². The van der Waals surface area contributed by atoms with Crippen LogP contribution in [0.4, 0.5) is 13.2 Å². The number of aromatic nitrogens is 3. The SMILES string of the molecule is Cc1cn(-c2ncoc2-c2ccc(C(F)(F)F)cc2)c(=O)[nH]c1=O. The molecule has 0 bridgehead atoms. The maximum Gasteiger partial charge on any atom is 0.416 e. The van der Waals surface area contributed by atoms with E-state index in [1.165, 1.54) is 25.3 Å². The molecule has 0 fully saturated rings. The predicted molar refractivity (Wildman–Crippen MR) is 77.9 cm³/mol. The number of rotatable bonds is 2. The summed E-state index contributed by atoms with van der Waals surface area (Å²) in [6, 6.07) is 4.25. The lowest BCUT2D eigenvalue weighted by Crippen LogP contribution is -2.30. The molecule has 0 spiro atoms. The average Bonchev–Trinajstić information content (AvgIpc) is 2.99. The molecule has 6 nitrogen and oxygen atoms in total. The summed E-state index contributed by atoms with van der Waals surface area (Å²) < 4.78 is 44.2. The van der Waals surface area contributed by atoms with E-state index in [0.717, 1.165) is 23.1 Å². The summed E-state index contributed by atoms with van der Waals surface area (Å²) in [5, 5.41) is 0. The smallest absolute Gasteiger partial charge is 0.416 e. The predicted octanol–water partition coefficient (Wildman–Crippen LogP) is 2.51. The molecule has 0 unspecified atom stereocenters. The fourth-order valence-corrected chi connectivity index (χ4v) is 2.14. The zero-order valence-corrected chi connectivity index (χ0v) is 12.2. The standard InChI is InChI=1S/C15H10F3N3O3/c1-8-6-21(14(23)20-13(8)22)12-11(24-7-19-12)9-2-4-10(5-3-9)15(16,17)18/h2-7H,1H3,(H,20,22,23). The molecule has 0 saturated heterocycles. The van der Waals surface area contributed by atoms with Crippen LogP contribution in [0.15, 0.2) is 50.9 Å². The van der Waals surface area contributed by atoms with Crippen molar-refractivity contribution in [3.63, 3.8) is 0 Å². The van der Waals surface area contributed by atoms with Crippen LogP contribution in [0, 0.1) is 6.92 Å². The lowest BCUT2D eigenvalue weighted by atomic mass is 10.1. The third kappa shape index (κ3) is 2.75. The van der Waals surface area contributed by atoms with Crippen LogP contribution >= 0.6 is 0 Å². The van der Waals surface area contributed by atoms with Crippen LogP contribution in [-0.4, -0.2) is 14.5 Å². The first-order chi connectivity index (χ1) is 11.3. The Morgan fingerprint density at radius 1 is 1.17 bits per heavy atom. The molecule has 3 rings (SSSR count). The van der Waals surface area contributed by atoms with Crippen molar-refractivity contribution in [2.45, 2.75) is 13.1 Å². The molecule has 1 aromatic carbocycles. The fraction of sp³-hybridized carbons (Fsp3) is 0.133. The summed E-state index contributed by atoms with van der Waals surface area (Å²) in [6.45, 7) is 1.51. The molecule has 3 aromatic rings. The van der Waals surface area contributed by atoms with Gasteiger partial charge in [-0.25, -0.2) is 9.36 Å². The van der Waals surface area contributed by atoms with Crippen molar-refractivity contribution in [1.82, 2.24) is 14.5 Å². The lowest BCUT2D eigenvalue weighted by Gasteiger charge is -2.08. The van der Waals surface area contributed by atoms with Crippen LogP contribution in [0.1, 0.15) is 11.1 Å². The van der Waals surface area contributed by atoms with E-state index in [2.05, 4.69) is 9.97 Å². The second-order valence-electron chi connectivity index (χ2n) is 5.02. The van der Waals surface area contributed by atoms with E-state index in [1.807, 2.05) is 0 Å². The highest BCUT2D eigenvalue weighted by Crippen LogP contribution is 2.32. The molecule has 0 aliphatic heterocycles. The van der Waals surface area contributed by atoms with E-state index in [0.29, 0.717) is 5.56 Å². The molecule has 0 atom stereocenters. The first kappa shape index (κ1) is 15.8. The summed E-state index contributed by atoms with van der Waals surface area (Å²) in [4.78, 5) is 29.4. The number of nitrogens with one attached hydrogen (secondary N) is 1. The second-order valence-corrected chi connectivity index (χ2v) is 5.02. The van der Waals surface area contributed by atoms with Gasteiger partial charge in [-0.2, -0.15) is 18.2 Å². The lowest BCUT2D eigenvalue weighted by molar-refractivity contribution is -0.137. The highest BCUT2D eigenvalue weighted by atomic mass is 19.4. The van der Waals surface area contributed by atoms with Gasteiger partial charge in [0.2, 0.25) is 0 Å². The summed E-state index contributed by atoms with van der Waals surface area (Å²) in [5.41, 5.74) is -1.48. The Morgan fingerprint density at radius 2 is 1.83 bits per heavy atom. The Labute approximate surface area is 132 Å². The number of nitrogens with zero attached hydrogens (tertiary/aromatic N) is 2. The maximum absolute atomic E-state index is 12.6. The van der Waals surface area contributed by atoms with Crippen molar-refractivity contribution in [3.8, 4) is 17.1 Å². The van der Waals surface area contributed by atoms with Gasteiger partial charge >= 0.3 is 11.9 Å². The van der Waals surface area contributed by atoms with Crippen LogP contribution in [0.3, 0.4) is 0 Å². The minimum atomic E-state index is -4.45. The number of aryl methyl sites for hydroxylation is 1. The van der Waals surface area contributed by atoms with Crippen molar-refractivity contribution >= 4 is 0 Å². The average molecular weight is 337 g/mol. The van der Waals surface area contributed by atoms with Gasteiger partial charge in [-0.1, -0.05) is 12.1 Å². The van der Waals surface area contributed by atoms with Gasteiger partial charge in [0.05, 0.1) is 5.56 Å². The van der Waals surface area contributed by atoms with Gasteiger partial charge in [-0.05, 0) is 19.1 Å². The molecule has 1 N–H and O–H groups in total. The summed E-state index contributed by atoms with van der Waals surface area (Å²) >= 11 is 0. The zero-order chi connectivity index (χ0) is 17.5. The third-order valence-electron chi connectivity index (χ3n) is 3.37. The third-order valence-corrected chi connectivity index (χ3v) is 3.37. The van der Waals surface area contributed by atoms with Gasteiger partial charge in [-0.15, -0.1) is 0 Å². The maximum atomic E-state index is 12.6. The van der Waals surface area contributed by atoms with Gasteiger partial charge in [0, 0.05) is 17.3 Å². The molecule has 24 heavy (non-hydrogen) atoms. The van der Waals surface area contributed by atoms with Crippen LogP contribution in [0.25, 0.3) is 17.1 Å². The Kier molecular flexibility index (Phi) is 3.63. The molecule has 0 amide bonds. The van der Waals surface area contributed by atoms with Crippen molar-refractivity contribution < 1.29 is 17.6 Å². The molecule has 124 valence electrons. The van der Waals surface area contributed by atoms with Gasteiger partial charge in [0.25, 0.3) is 5.56 Å². The van der Waals surface area contributed by atoms with Gasteiger partial charge in [0.1, 0.15) is 0 Å². The first-order valence-corrected chi connectivity index (χ1v) is 6.71. The number of aromatic amines is 1. The van der Waals surface area contributed by atoms with Gasteiger partial charge in [0.15, 0.2) is 18.0 Å². The number of alkyl halides is 3. The molecule has 2 aromatic heterocycles. The molecule has 9 heteroatoms. The number of hydrogen-bond acceptors (Lipinski definition) is 4. The molecule has 2 heterocycles. The van der Waals surface area contributed by atoms with Gasteiger partial charge < -0.3 is 4.42 Å². The molecule has 0 aliphatic carbocycles. The van der Waals surface area contributed by atoms with E-state index in [9.17, 15) is 22.8 Å². The van der Waals surface area contributed by atoms with Crippen LogP contribution < -0.4 is 11.2 Å². The Hall–Kier alpha value is -3.10. The van der Waals surface area contributed by atoms with Crippen LogP contribution in [0.5, 0.6) is 0 Å². The molecule has 0 aliphatic rings. The minimum absolute atomic E-state index is 0.0686. The molecular formula is C15H10F3N3O3. The Bertz CT molecular complexity index is 998. The summed E-state index contributed by atoms with van der Waals surface area (Å²) in [6.07, 6.45) is -2.10. The number of benzene rings is 1. The Balaban J connectivity index is 2.11. The van der Waals surface area contributed by atoms with Crippen molar-refractivity contribution in [3.05, 3.63) is 68.8 Å². The largest absolute Gasteiger partial charge is 0.441 e. The summed E-state index contributed by atoms with van der Waals surface area (Å²) in [5.74, 6) is 0.177. The quantitative estimate of drug-likeness (QED) is 0.779. The van der Waals surface area contributed by atoms with E-state index in [-0.39, 0.29) is 17.1 Å². The fourth-order valence-electron chi connectivity index (χ4n) is 2.14. The highest BCUT2D eigenvalue weighted by molar-refractivity contribution is 5.65. The van der Waals surface area contributed by atoms with E-state index in [1.54, 1.807) is 0 Å². The summed E-state index contributed by atoms with van der Waals surface area (Å²) in [7, 11) is 0. The molecule has 0 radical (unpaired) electrons. The zero-order valence-electron chi connectivity index (χ0n) is 12.2. The van der Waals surface area contributed by atoms with Gasteiger partial charge in [-0.3, -0.25) is 9.78 Å². The number of hydrogen-bond donors (Lipinski definition) is 1. The molecule has 0 saturated carbocycles. The number of oxazole rings is 1. The van der Waals surface area contributed by atoms with Crippen molar-refractivity contribution in [2.75, 3.05) is 0 Å². The van der Waals surface area contributed by atoms with Crippen molar-refractivity contribution in [1.29, 1.82) is 0 Å². The monoisotopic (exact) mass is 337 g/mol. The minimum Gasteiger partial charge on any atom is -0.441 e.